The second kappa shape index (κ2) is 10.9. The number of anilines is 2. The first-order valence-corrected chi connectivity index (χ1v) is 12.9. The van der Waals surface area contributed by atoms with Crippen LogP contribution in [-0.2, 0) is 19.0 Å². The van der Waals surface area contributed by atoms with Crippen molar-refractivity contribution in [2.75, 3.05) is 25.0 Å². The molecule has 1 atom stereocenters. The fourth-order valence-corrected chi connectivity index (χ4v) is 4.55. The Morgan fingerprint density at radius 1 is 1.23 bits per heavy atom. The third-order valence-electron chi connectivity index (χ3n) is 6.55. The van der Waals surface area contributed by atoms with Gasteiger partial charge in [0.05, 0.1) is 30.2 Å². The molecule has 39 heavy (non-hydrogen) atoms. The number of nitrogens with zero attached hydrogens (tertiary/aromatic N) is 7. The molecule has 0 spiro atoms. The van der Waals surface area contributed by atoms with Crippen LogP contribution in [0.25, 0.3) is 11.3 Å². The first-order chi connectivity index (χ1) is 18.7. The summed E-state index contributed by atoms with van der Waals surface area (Å²) in [5.74, 6) is 0.517. The number of nitrogens with one attached hydrogen (secondary N) is 2. The fourth-order valence-electron chi connectivity index (χ4n) is 4.55. The van der Waals surface area contributed by atoms with Crippen LogP contribution in [0.5, 0.6) is 0 Å². The summed E-state index contributed by atoms with van der Waals surface area (Å²) in [6.45, 7) is 7.79. The second-order valence-electron chi connectivity index (χ2n) is 10.7. The van der Waals surface area contributed by atoms with E-state index in [0.717, 1.165) is 28.1 Å². The molecule has 3 aromatic heterocycles. The molecule has 204 valence electrons. The van der Waals surface area contributed by atoms with Crippen LogP contribution in [0.4, 0.5) is 11.6 Å². The quantitative estimate of drug-likeness (QED) is 0.325. The van der Waals surface area contributed by atoms with Gasteiger partial charge in [0.2, 0.25) is 11.8 Å². The van der Waals surface area contributed by atoms with Gasteiger partial charge >= 0.3 is 0 Å². The van der Waals surface area contributed by atoms with Crippen molar-refractivity contribution in [3.05, 3.63) is 65.7 Å². The normalized spacial score (nSPS) is 16.0. The number of rotatable bonds is 7. The van der Waals surface area contributed by atoms with E-state index in [2.05, 4.69) is 41.8 Å². The first-order valence-electron chi connectivity index (χ1n) is 12.9. The highest BCUT2D eigenvalue weighted by atomic mass is 16.5. The Morgan fingerprint density at radius 3 is 2.79 bits per heavy atom. The first kappa shape index (κ1) is 26.4. The largest absolute Gasteiger partial charge is 0.395 e. The molecule has 1 amide bonds. The lowest BCUT2D eigenvalue weighted by molar-refractivity contribution is 0.0918. The minimum absolute atomic E-state index is 0.0178. The van der Waals surface area contributed by atoms with Crippen LogP contribution in [0.15, 0.2) is 47.4 Å². The van der Waals surface area contributed by atoms with Crippen molar-refractivity contribution in [3.8, 4) is 11.3 Å². The molecular weight excluding hydrogens is 498 g/mol. The maximum atomic E-state index is 13.1. The summed E-state index contributed by atoms with van der Waals surface area (Å²) in [6, 6.07) is 7.73. The van der Waals surface area contributed by atoms with Gasteiger partial charge in [0.1, 0.15) is 0 Å². The molecule has 12 nitrogen and oxygen atoms in total. The van der Waals surface area contributed by atoms with Gasteiger partial charge in [0.15, 0.2) is 0 Å². The molecule has 1 aliphatic rings. The average Bonchev–Trinajstić information content (AvgIpc) is 3.52. The number of fused-ring (bicyclic) bond motifs is 1. The van der Waals surface area contributed by atoms with E-state index in [1.54, 1.807) is 17.1 Å². The van der Waals surface area contributed by atoms with Gasteiger partial charge in [-0.2, -0.15) is 10.1 Å². The highest BCUT2D eigenvalue weighted by Gasteiger charge is 2.28. The standard InChI is InChI=1S/C27H33N9O3/c1-27(2,3)25-33-23(34-39-25)24(38)31-22-8-10-36(11-12-37)15-18-13-17(5-6-20(18)22)21-7-9-28-26(32-21)30-19-14-29-35(4)16-19/h5-7,9,13-14,16,22,37H,8,10-12,15H2,1-4H3,(H,31,38)(H,28,30,32)/t22-/m1/s1. The predicted molar refractivity (Wildman–Crippen MR) is 144 cm³/mol. The molecule has 0 radical (unpaired) electrons. The number of hydrogen-bond acceptors (Lipinski definition) is 10. The Bertz CT molecular complexity index is 1460. The Kier molecular flexibility index (Phi) is 7.40. The number of aliphatic hydroxyl groups excluding tert-OH is 1. The van der Waals surface area contributed by atoms with Crippen LogP contribution < -0.4 is 10.6 Å². The number of hydrogen-bond donors (Lipinski definition) is 3. The number of aliphatic hydroxyl groups is 1. The number of aromatic nitrogens is 6. The lowest BCUT2D eigenvalue weighted by atomic mass is 9.96. The molecular formula is C27H33N9O3. The lowest BCUT2D eigenvalue weighted by Crippen LogP contribution is -2.31. The molecule has 0 bridgehead atoms. The smallest absolute Gasteiger partial charge is 0.293 e. The highest BCUT2D eigenvalue weighted by molar-refractivity contribution is 5.90. The van der Waals surface area contributed by atoms with Gasteiger partial charge in [-0.25, -0.2) is 9.97 Å². The van der Waals surface area contributed by atoms with Crippen LogP contribution in [0.2, 0.25) is 0 Å². The Balaban J connectivity index is 1.41. The molecule has 0 fully saturated rings. The molecule has 0 saturated carbocycles. The Morgan fingerprint density at radius 2 is 2.08 bits per heavy atom. The highest BCUT2D eigenvalue weighted by Crippen LogP contribution is 2.31. The maximum absolute atomic E-state index is 13.1. The van der Waals surface area contributed by atoms with Crippen molar-refractivity contribution in [3.63, 3.8) is 0 Å². The molecule has 4 aromatic rings. The molecule has 12 heteroatoms. The monoisotopic (exact) mass is 531 g/mol. The van der Waals surface area contributed by atoms with Crippen LogP contribution in [0.3, 0.4) is 0 Å². The van der Waals surface area contributed by atoms with E-state index in [9.17, 15) is 9.90 Å². The molecule has 0 unspecified atom stereocenters. The van der Waals surface area contributed by atoms with E-state index in [0.29, 0.717) is 37.9 Å². The Hall–Kier alpha value is -4.16. The summed E-state index contributed by atoms with van der Waals surface area (Å²) in [7, 11) is 1.85. The van der Waals surface area contributed by atoms with Crippen molar-refractivity contribution in [1.29, 1.82) is 0 Å². The second-order valence-corrected chi connectivity index (χ2v) is 10.7. The third-order valence-corrected chi connectivity index (χ3v) is 6.55. The SMILES string of the molecule is Cn1cc(Nc2nccc(-c3ccc4c(c3)CN(CCO)CC[C@H]4NC(=O)c3noc(C(C)(C)C)n3)n2)cn1. The molecule has 3 N–H and O–H groups in total. The molecule has 0 aliphatic carbocycles. The molecule has 5 rings (SSSR count). The zero-order valence-corrected chi connectivity index (χ0v) is 22.5. The summed E-state index contributed by atoms with van der Waals surface area (Å²) in [6.07, 6.45) is 5.95. The predicted octanol–water partition coefficient (Wildman–Crippen LogP) is 2.97. The van der Waals surface area contributed by atoms with Crippen molar-refractivity contribution >= 4 is 17.5 Å². The van der Waals surface area contributed by atoms with Gasteiger partial charge in [0, 0.05) is 50.1 Å². The molecule has 4 heterocycles. The van der Waals surface area contributed by atoms with Gasteiger partial charge in [-0.15, -0.1) is 0 Å². The van der Waals surface area contributed by atoms with Gasteiger partial charge in [-0.05, 0) is 29.7 Å². The van der Waals surface area contributed by atoms with E-state index in [-0.39, 0.29) is 29.8 Å². The molecule has 0 saturated heterocycles. The van der Waals surface area contributed by atoms with Gasteiger partial charge in [-0.1, -0.05) is 38.1 Å². The summed E-state index contributed by atoms with van der Waals surface area (Å²) in [5, 5.41) is 23.9. The van der Waals surface area contributed by atoms with Crippen molar-refractivity contribution in [2.45, 2.75) is 45.2 Å². The van der Waals surface area contributed by atoms with Gasteiger partial charge < -0.3 is 20.3 Å². The Labute approximate surface area is 226 Å². The number of benzene rings is 1. The summed E-state index contributed by atoms with van der Waals surface area (Å²) in [4.78, 5) is 28.6. The van der Waals surface area contributed by atoms with Gasteiger partial charge in [-0.3, -0.25) is 14.4 Å². The van der Waals surface area contributed by atoms with E-state index < -0.39 is 0 Å². The van der Waals surface area contributed by atoms with Crippen molar-refractivity contribution in [2.24, 2.45) is 7.05 Å². The maximum Gasteiger partial charge on any atom is 0.293 e. The van der Waals surface area contributed by atoms with E-state index in [1.165, 1.54) is 0 Å². The summed E-state index contributed by atoms with van der Waals surface area (Å²) in [5.41, 5.74) is 4.19. The zero-order valence-electron chi connectivity index (χ0n) is 22.5. The van der Waals surface area contributed by atoms with E-state index in [4.69, 9.17) is 9.51 Å². The van der Waals surface area contributed by atoms with Crippen LogP contribution in [0.1, 0.15) is 60.9 Å². The lowest BCUT2D eigenvalue weighted by Gasteiger charge is -2.19. The number of aryl methyl sites for hydroxylation is 1. The number of carbonyl (C=O) groups excluding carboxylic acids is 1. The van der Waals surface area contributed by atoms with Crippen molar-refractivity contribution < 1.29 is 14.4 Å². The number of carbonyl (C=O) groups is 1. The summed E-state index contributed by atoms with van der Waals surface area (Å²) >= 11 is 0. The van der Waals surface area contributed by atoms with Crippen LogP contribution in [0, 0.1) is 0 Å². The average molecular weight is 532 g/mol. The van der Waals surface area contributed by atoms with E-state index >= 15 is 0 Å². The zero-order chi connectivity index (χ0) is 27.6. The summed E-state index contributed by atoms with van der Waals surface area (Å²) < 4.78 is 7.02. The third kappa shape index (κ3) is 6.13. The van der Waals surface area contributed by atoms with E-state index in [1.807, 2.05) is 52.2 Å². The molecule has 1 aliphatic heterocycles. The van der Waals surface area contributed by atoms with Crippen molar-refractivity contribution in [1.82, 2.24) is 40.1 Å². The number of amides is 1. The topological polar surface area (TPSA) is 147 Å². The fraction of sp³-hybridized carbons (Fsp3) is 0.407. The minimum atomic E-state index is -0.383. The number of β-amino-alcohol motifs (C(OH)–C–C–N with tert-alkyl or cyclic N) is 1. The van der Waals surface area contributed by atoms with Crippen LogP contribution in [-0.4, -0.2) is 65.5 Å². The van der Waals surface area contributed by atoms with Gasteiger partial charge in [0.25, 0.3) is 11.7 Å². The molecule has 1 aromatic carbocycles. The van der Waals surface area contributed by atoms with Crippen LogP contribution >= 0.6 is 0 Å². The minimum Gasteiger partial charge on any atom is -0.395 e.